The highest BCUT2D eigenvalue weighted by Gasteiger charge is 2.06. The lowest BCUT2D eigenvalue weighted by atomic mass is 10.00. The molecule has 0 atom stereocenters. The first-order chi connectivity index (χ1) is 8.61. The van der Waals surface area contributed by atoms with Crippen LogP contribution < -0.4 is 4.90 Å². The van der Waals surface area contributed by atoms with Gasteiger partial charge in [0.15, 0.2) is 6.29 Å². The summed E-state index contributed by atoms with van der Waals surface area (Å²) in [7, 11) is 3.92. The van der Waals surface area contributed by atoms with Crippen molar-refractivity contribution in [3.8, 4) is 11.1 Å². The SMILES string of the molecule is CN(C)c1ccc(-c2ccc(Br)cc2)c(C=O)c1. The summed E-state index contributed by atoms with van der Waals surface area (Å²) >= 11 is 3.41. The van der Waals surface area contributed by atoms with Crippen LogP contribution in [0.15, 0.2) is 46.9 Å². The molecule has 0 unspecified atom stereocenters. The Hall–Kier alpha value is -1.61. The van der Waals surface area contributed by atoms with Crippen LogP contribution in [0.2, 0.25) is 0 Å². The number of nitrogens with zero attached hydrogens (tertiary/aromatic N) is 1. The van der Waals surface area contributed by atoms with Crippen molar-refractivity contribution >= 4 is 27.9 Å². The van der Waals surface area contributed by atoms with E-state index in [0.29, 0.717) is 5.56 Å². The molecule has 0 saturated carbocycles. The summed E-state index contributed by atoms with van der Waals surface area (Å²) in [5.41, 5.74) is 3.75. The highest BCUT2D eigenvalue weighted by molar-refractivity contribution is 9.10. The molecule has 0 aliphatic carbocycles. The molecule has 92 valence electrons. The van der Waals surface area contributed by atoms with E-state index in [1.54, 1.807) is 0 Å². The molecule has 0 aromatic heterocycles. The van der Waals surface area contributed by atoms with Gasteiger partial charge in [0.25, 0.3) is 0 Å². The van der Waals surface area contributed by atoms with Gasteiger partial charge < -0.3 is 4.90 Å². The van der Waals surface area contributed by atoms with Crippen LogP contribution in [0.5, 0.6) is 0 Å². The maximum atomic E-state index is 11.2. The average Bonchev–Trinajstić information content (AvgIpc) is 2.39. The average molecular weight is 304 g/mol. The minimum Gasteiger partial charge on any atom is -0.378 e. The Morgan fingerprint density at radius 2 is 1.72 bits per heavy atom. The fourth-order valence-corrected chi connectivity index (χ4v) is 2.08. The quantitative estimate of drug-likeness (QED) is 0.799. The molecule has 0 bridgehead atoms. The largest absolute Gasteiger partial charge is 0.378 e. The van der Waals surface area contributed by atoms with E-state index in [1.165, 1.54) is 0 Å². The van der Waals surface area contributed by atoms with Crippen molar-refractivity contribution in [3.63, 3.8) is 0 Å². The van der Waals surface area contributed by atoms with Crippen molar-refractivity contribution in [1.29, 1.82) is 0 Å². The molecule has 2 aromatic rings. The van der Waals surface area contributed by atoms with Gasteiger partial charge in [0.05, 0.1) is 0 Å². The van der Waals surface area contributed by atoms with E-state index in [9.17, 15) is 4.79 Å². The Bertz CT molecular complexity index is 561. The number of carbonyl (C=O) groups excluding carboxylic acids is 1. The highest BCUT2D eigenvalue weighted by atomic mass is 79.9. The minimum absolute atomic E-state index is 0.712. The van der Waals surface area contributed by atoms with Gasteiger partial charge in [-0.15, -0.1) is 0 Å². The molecule has 0 saturated heterocycles. The van der Waals surface area contributed by atoms with Crippen LogP contribution in [-0.2, 0) is 0 Å². The van der Waals surface area contributed by atoms with Crippen molar-refractivity contribution < 1.29 is 4.79 Å². The third kappa shape index (κ3) is 2.62. The van der Waals surface area contributed by atoms with E-state index in [4.69, 9.17) is 0 Å². The summed E-state index contributed by atoms with van der Waals surface area (Å²) in [6.45, 7) is 0. The molecule has 2 nitrogen and oxygen atoms in total. The maximum absolute atomic E-state index is 11.2. The van der Waals surface area contributed by atoms with Crippen LogP contribution in [0.3, 0.4) is 0 Å². The molecular weight excluding hydrogens is 290 g/mol. The molecule has 3 heteroatoms. The second-order valence-corrected chi connectivity index (χ2v) is 5.21. The lowest BCUT2D eigenvalue weighted by molar-refractivity contribution is 0.112. The summed E-state index contributed by atoms with van der Waals surface area (Å²) in [5, 5.41) is 0. The molecule has 0 aliphatic rings. The van der Waals surface area contributed by atoms with Gasteiger partial charge in [-0.3, -0.25) is 4.79 Å². The Balaban J connectivity index is 2.50. The topological polar surface area (TPSA) is 20.3 Å². The van der Waals surface area contributed by atoms with Crippen molar-refractivity contribution in [3.05, 3.63) is 52.5 Å². The molecule has 0 radical (unpaired) electrons. The van der Waals surface area contributed by atoms with Gasteiger partial charge in [0.1, 0.15) is 0 Å². The first-order valence-electron chi connectivity index (χ1n) is 5.64. The third-order valence-corrected chi connectivity index (χ3v) is 3.36. The van der Waals surface area contributed by atoms with E-state index >= 15 is 0 Å². The van der Waals surface area contributed by atoms with E-state index in [2.05, 4.69) is 15.9 Å². The zero-order valence-corrected chi connectivity index (χ0v) is 11.9. The van der Waals surface area contributed by atoms with Gasteiger partial charge in [0, 0.05) is 29.8 Å². The van der Waals surface area contributed by atoms with Gasteiger partial charge >= 0.3 is 0 Å². The summed E-state index contributed by atoms with van der Waals surface area (Å²) in [5.74, 6) is 0. The fourth-order valence-electron chi connectivity index (χ4n) is 1.82. The lowest BCUT2D eigenvalue weighted by Crippen LogP contribution is -2.09. The van der Waals surface area contributed by atoms with Crippen LogP contribution in [0.25, 0.3) is 11.1 Å². The second-order valence-electron chi connectivity index (χ2n) is 4.29. The van der Waals surface area contributed by atoms with Crippen LogP contribution in [-0.4, -0.2) is 20.4 Å². The summed E-state index contributed by atoms with van der Waals surface area (Å²) in [6, 6.07) is 13.9. The minimum atomic E-state index is 0.712. The first-order valence-corrected chi connectivity index (χ1v) is 6.43. The van der Waals surface area contributed by atoms with Crippen LogP contribution in [0.4, 0.5) is 5.69 Å². The van der Waals surface area contributed by atoms with Crippen LogP contribution in [0.1, 0.15) is 10.4 Å². The highest BCUT2D eigenvalue weighted by Crippen LogP contribution is 2.27. The third-order valence-electron chi connectivity index (χ3n) is 2.83. The Morgan fingerprint density at radius 1 is 1.06 bits per heavy atom. The number of aldehydes is 1. The molecular formula is C15H14BrNO. The van der Waals surface area contributed by atoms with E-state index in [-0.39, 0.29) is 0 Å². The van der Waals surface area contributed by atoms with E-state index < -0.39 is 0 Å². The molecule has 0 heterocycles. The Kier molecular flexibility index (Phi) is 3.82. The van der Waals surface area contributed by atoms with Gasteiger partial charge in [-0.2, -0.15) is 0 Å². The van der Waals surface area contributed by atoms with Gasteiger partial charge in [-0.05, 0) is 35.4 Å². The van der Waals surface area contributed by atoms with Gasteiger partial charge in [0.2, 0.25) is 0 Å². The van der Waals surface area contributed by atoms with Gasteiger partial charge in [-0.25, -0.2) is 0 Å². The Labute approximate surface area is 115 Å². The molecule has 2 aromatic carbocycles. The zero-order valence-electron chi connectivity index (χ0n) is 10.4. The zero-order chi connectivity index (χ0) is 13.1. The lowest BCUT2D eigenvalue weighted by Gasteiger charge is -2.14. The number of hydrogen-bond donors (Lipinski definition) is 0. The number of benzene rings is 2. The number of rotatable bonds is 3. The second kappa shape index (κ2) is 5.36. The molecule has 0 N–H and O–H groups in total. The summed E-state index contributed by atoms with van der Waals surface area (Å²) < 4.78 is 1.03. The van der Waals surface area contributed by atoms with Gasteiger partial charge in [-0.1, -0.05) is 34.1 Å². The predicted molar refractivity (Wildman–Crippen MR) is 79.3 cm³/mol. The Morgan fingerprint density at radius 3 is 2.28 bits per heavy atom. The van der Waals surface area contributed by atoms with E-state index in [0.717, 1.165) is 27.6 Å². The van der Waals surface area contributed by atoms with Crippen molar-refractivity contribution in [1.82, 2.24) is 0 Å². The van der Waals surface area contributed by atoms with E-state index in [1.807, 2.05) is 61.5 Å². The number of halogens is 1. The monoisotopic (exact) mass is 303 g/mol. The molecule has 18 heavy (non-hydrogen) atoms. The number of hydrogen-bond acceptors (Lipinski definition) is 2. The van der Waals surface area contributed by atoms with Crippen molar-refractivity contribution in [2.45, 2.75) is 0 Å². The molecule has 0 fully saturated rings. The fraction of sp³-hybridized carbons (Fsp3) is 0.133. The number of anilines is 1. The molecule has 0 amide bonds. The van der Waals surface area contributed by atoms with Crippen LogP contribution >= 0.6 is 15.9 Å². The number of carbonyl (C=O) groups is 1. The van der Waals surface area contributed by atoms with Crippen LogP contribution in [0, 0.1) is 0 Å². The smallest absolute Gasteiger partial charge is 0.150 e. The molecule has 2 rings (SSSR count). The molecule has 0 aliphatic heterocycles. The molecule has 0 spiro atoms. The maximum Gasteiger partial charge on any atom is 0.150 e. The van der Waals surface area contributed by atoms with Crippen molar-refractivity contribution in [2.75, 3.05) is 19.0 Å². The first kappa shape index (κ1) is 12.8. The standard InChI is InChI=1S/C15H14BrNO/c1-17(2)14-7-8-15(12(9-14)10-18)11-3-5-13(16)6-4-11/h3-10H,1-2H3. The summed E-state index contributed by atoms with van der Waals surface area (Å²) in [6.07, 6.45) is 0.907. The predicted octanol–water partition coefficient (Wildman–Crippen LogP) is 3.99. The summed E-state index contributed by atoms with van der Waals surface area (Å²) in [4.78, 5) is 13.2. The normalized spacial score (nSPS) is 10.2. The van der Waals surface area contributed by atoms with Crippen molar-refractivity contribution in [2.24, 2.45) is 0 Å².